The molecule has 2 saturated heterocycles. The topological polar surface area (TPSA) is 87.4 Å². The van der Waals surface area contributed by atoms with Crippen molar-refractivity contribution in [1.29, 1.82) is 0 Å². The molecule has 3 N–H and O–H groups in total. The van der Waals surface area contributed by atoms with Gasteiger partial charge in [-0.25, -0.2) is 9.78 Å². The molecule has 1 aromatic heterocycles. The maximum absolute atomic E-state index is 11.9. The fraction of sp³-hybridized carbons (Fsp3) is 0.438. The van der Waals surface area contributed by atoms with Crippen LogP contribution < -0.4 is 16.0 Å². The van der Waals surface area contributed by atoms with Crippen molar-refractivity contribution in [2.24, 2.45) is 0 Å². The maximum Gasteiger partial charge on any atom is 0.317 e. The lowest BCUT2D eigenvalue weighted by Crippen LogP contribution is -2.49. The third-order valence-corrected chi connectivity index (χ3v) is 4.63. The standard InChI is InChI=1S/C16H20N6O/c17-14-12-5-1-2-6-13(12)19-15(20-14)21-8-3-4-11(10-21)22-9-7-18-16(22)23/h1-2,5-6,11H,3-4,7-10H2,(H,18,23)(H2,17,19,20). The summed E-state index contributed by atoms with van der Waals surface area (Å²) in [6.45, 7) is 3.15. The summed E-state index contributed by atoms with van der Waals surface area (Å²) in [6.07, 6.45) is 2.04. The van der Waals surface area contributed by atoms with Crippen LogP contribution in [-0.4, -0.2) is 53.1 Å². The van der Waals surface area contributed by atoms with Gasteiger partial charge in [0.15, 0.2) is 0 Å². The highest BCUT2D eigenvalue weighted by atomic mass is 16.2. The fourth-order valence-corrected chi connectivity index (χ4v) is 3.46. The molecular weight excluding hydrogens is 292 g/mol. The highest BCUT2D eigenvalue weighted by molar-refractivity contribution is 5.88. The number of hydrogen-bond donors (Lipinski definition) is 2. The fourth-order valence-electron chi connectivity index (χ4n) is 3.46. The van der Waals surface area contributed by atoms with Gasteiger partial charge in [-0.3, -0.25) is 0 Å². The van der Waals surface area contributed by atoms with Gasteiger partial charge >= 0.3 is 6.03 Å². The zero-order valence-electron chi connectivity index (χ0n) is 12.9. The van der Waals surface area contributed by atoms with E-state index in [0.29, 0.717) is 11.8 Å². The number of urea groups is 1. The monoisotopic (exact) mass is 312 g/mol. The lowest BCUT2D eigenvalue weighted by atomic mass is 10.0. The smallest absolute Gasteiger partial charge is 0.317 e. The quantitative estimate of drug-likeness (QED) is 0.870. The van der Waals surface area contributed by atoms with Crippen molar-refractivity contribution in [3.63, 3.8) is 0 Å². The first-order valence-corrected chi connectivity index (χ1v) is 8.04. The third kappa shape index (κ3) is 2.52. The van der Waals surface area contributed by atoms with Crippen molar-refractivity contribution in [3.8, 4) is 0 Å². The number of nitrogens with two attached hydrogens (primary N) is 1. The van der Waals surface area contributed by atoms with Gasteiger partial charge in [0.05, 0.1) is 11.6 Å². The first-order valence-electron chi connectivity index (χ1n) is 8.04. The van der Waals surface area contributed by atoms with E-state index in [9.17, 15) is 4.79 Å². The van der Waals surface area contributed by atoms with Crippen molar-refractivity contribution in [3.05, 3.63) is 24.3 Å². The van der Waals surface area contributed by atoms with Gasteiger partial charge < -0.3 is 20.9 Å². The second-order valence-corrected chi connectivity index (χ2v) is 6.09. The van der Waals surface area contributed by atoms with Crippen molar-refractivity contribution in [1.82, 2.24) is 20.2 Å². The number of piperidine rings is 1. The van der Waals surface area contributed by atoms with Crippen LogP contribution in [-0.2, 0) is 0 Å². The van der Waals surface area contributed by atoms with E-state index in [-0.39, 0.29) is 12.1 Å². The number of amides is 2. The Bertz CT molecular complexity index is 748. The minimum Gasteiger partial charge on any atom is -0.383 e. The zero-order chi connectivity index (χ0) is 15.8. The molecule has 2 aliphatic heterocycles. The van der Waals surface area contributed by atoms with E-state index >= 15 is 0 Å². The molecule has 120 valence electrons. The minimum atomic E-state index is 0.0378. The summed E-state index contributed by atoms with van der Waals surface area (Å²) in [5.41, 5.74) is 6.95. The summed E-state index contributed by atoms with van der Waals surface area (Å²) in [5, 5.41) is 3.75. The van der Waals surface area contributed by atoms with E-state index in [1.54, 1.807) is 0 Å². The summed E-state index contributed by atoms with van der Waals surface area (Å²) in [5.74, 6) is 1.16. The normalized spacial score (nSPS) is 21.7. The van der Waals surface area contributed by atoms with E-state index in [1.165, 1.54) is 0 Å². The Balaban J connectivity index is 1.61. The molecule has 0 aliphatic carbocycles. The SMILES string of the molecule is Nc1nc(N2CCCC(N3CCNC3=O)C2)nc2ccccc12. The van der Waals surface area contributed by atoms with Crippen LogP contribution in [0, 0.1) is 0 Å². The van der Waals surface area contributed by atoms with Crippen LogP contribution in [0.4, 0.5) is 16.6 Å². The molecule has 0 spiro atoms. The summed E-state index contributed by atoms with van der Waals surface area (Å²) in [7, 11) is 0. The number of carbonyl (C=O) groups is 1. The first-order chi connectivity index (χ1) is 11.2. The summed E-state index contributed by atoms with van der Waals surface area (Å²) in [6, 6.07) is 8.02. The van der Waals surface area contributed by atoms with Crippen LogP contribution in [0.3, 0.4) is 0 Å². The molecule has 2 amide bonds. The van der Waals surface area contributed by atoms with Crippen LogP contribution in [0.2, 0.25) is 0 Å². The van der Waals surface area contributed by atoms with E-state index < -0.39 is 0 Å². The van der Waals surface area contributed by atoms with Crippen molar-refractivity contribution < 1.29 is 4.79 Å². The van der Waals surface area contributed by atoms with Crippen molar-refractivity contribution in [2.45, 2.75) is 18.9 Å². The second kappa shape index (κ2) is 5.57. The molecule has 2 aliphatic rings. The predicted octanol–water partition coefficient (Wildman–Crippen LogP) is 1.21. The van der Waals surface area contributed by atoms with Gasteiger partial charge in [0.25, 0.3) is 0 Å². The number of rotatable bonds is 2. The summed E-state index contributed by atoms with van der Waals surface area (Å²) < 4.78 is 0. The molecule has 1 unspecified atom stereocenters. The van der Waals surface area contributed by atoms with E-state index in [1.807, 2.05) is 29.2 Å². The average molecular weight is 312 g/mol. The number of anilines is 2. The Morgan fingerprint density at radius 3 is 2.91 bits per heavy atom. The molecular formula is C16H20N6O. The largest absolute Gasteiger partial charge is 0.383 e. The minimum absolute atomic E-state index is 0.0378. The van der Waals surface area contributed by atoms with Crippen molar-refractivity contribution in [2.75, 3.05) is 36.8 Å². The Hall–Kier alpha value is -2.57. The number of aromatic nitrogens is 2. The number of nitrogens with one attached hydrogen (secondary N) is 1. The molecule has 7 nitrogen and oxygen atoms in total. The van der Waals surface area contributed by atoms with Gasteiger partial charge in [0, 0.05) is 31.6 Å². The number of nitrogen functional groups attached to an aromatic ring is 1. The molecule has 3 heterocycles. The van der Waals surface area contributed by atoms with E-state index in [0.717, 1.165) is 49.9 Å². The predicted molar refractivity (Wildman–Crippen MR) is 89.3 cm³/mol. The highest BCUT2D eigenvalue weighted by Gasteiger charge is 2.32. The van der Waals surface area contributed by atoms with E-state index in [4.69, 9.17) is 5.73 Å². The van der Waals surface area contributed by atoms with Crippen LogP contribution in [0.25, 0.3) is 10.9 Å². The van der Waals surface area contributed by atoms with Gasteiger partial charge in [-0.2, -0.15) is 4.98 Å². The van der Waals surface area contributed by atoms with Gasteiger partial charge in [0.1, 0.15) is 5.82 Å². The van der Waals surface area contributed by atoms with Crippen LogP contribution in [0.5, 0.6) is 0 Å². The highest BCUT2D eigenvalue weighted by Crippen LogP contribution is 2.25. The molecule has 0 saturated carbocycles. The lowest BCUT2D eigenvalue weighted by molar-refractivity contribution is 0.189. The maximum atomic E-state index is 11.9. The van der Waals surface area contributed by atoms with E-state index in [2.05, 4.69) is 20.2 Å². The number of para-hydroxylation sites is 1. The van der Waals surface area contributed by atoms with Crippen molar-refractivity contribution >= 4 is 28.7 Å². The summed E-state index contributed by atoms with van der Waals surface area (Å²) >= 11 is 0. The Morgan fingerprint density at radius 2 is 2.09 bits per heavy atom. The molecule has 23 heavy (non-hydrogen) atoms. The average Bonchev–Trinajstić information content (AvgIpc) is 3.01. The summed E-state index contributed by atoms with van der Waals surface area (Å²) in [4.78, 5) is 25.1. The number of carbonyl (C=O) groups excluding carboxylic acids is 1. The molecule has 7 heteroatoms. The Morgan fingerprint density at radius 1 is 1.22 bits per heavy atom. The van der Waals surface area contributed by atoms with Gasteiger partial charge in [-0.15, -0.1) is 0 Å². The lowest BCUT2D eigenvalue weighted by Gasteiger charge is -2.37. The van der Waals surface area contributed by atoms with Crippen LogP contribution in [0.15, 0.2) is 24.3 Å². The van der Waals surface area contributed by atoms with Crippen LogP contribution >= 0.6 is 0 Å². The molecule has 0 bridgehead atoms. The first kappa shape index (κ1) is 14.0. The second-order valence-electron chi connectivity index (χ2n) is 6.09. The number of hydrogen-bond acceptors (Lipinski definition) is 5. The van der Waals surface area contributed by atoms with Crippen LogP contribution in [0.1, 0.15) is 12.8 Å². The van der Waals surface area contributed by atoms with Gasteiger partial charge in [-0.05, 0) is 25.0 Å². The number of nitrogens with zero attached hydrogens (tertiary/aromatic N) is 4. The third-order valence-electron chi connectivity index (χ3n) is 4.63. The Labute approximate surface area is 134 Å². The Kier molecular flexibility index (Phi) is 3.40. The molecule has 1 aromatic carbocycles. The number of benzene rings is 1. The molecule has 0 radical (unpaired) electrons. The molecule has 4 rings (SSSR count). The van der Waals surface area contributed by atoms with Gasteiger partial charge in [-0.1, -0.05) is 12.1 Å². The zero-order valence-corrected chi connectivity index (χ0v) is 12.9. The van der Waals surface area contributed by atoms with Gasteiger partial charge in [0.2, 0.25) is 5.95 Å². The number of fused-ring (bicyclic) bond motifs is 1. The molecule has 1 atom stereocenters. The molecule has 2 fully saturated rings. The molecule has 2 aromatic rings.